The van der Waals surface area contributed by atoms with Gasteiger partial charge in [-0.1, -0.05) is 24.4 Å². The van der Waals surface area contributed by atoms with Crippen molar-refractivity contribution in [1.29, 1.82) is 0 Å². The number of hydrogen-bond donors (Lipinski definition) is 1. The van der Waals surface area contributed by atoms with E-state index in [0.717, 1.165) is 24.1 Å². The zero-order valence-corrected chi connectivity index (χ0v) is 11.7. The van der Waals surface area contributed by atoms with Gasteiger partial charge in [-0.2, -0.15) is 4.98 Å². The first kappa shape index (κ1) is 13.2. The molecule has 0 aliphatic heterocycles. The Bertz CT molecular complexity index is 588. The van der Waals surface area contributed by atoms with Gasteiger partial charge < -0.3 is 9.63 Å². The number of aromatic nitrogens is 3. The van der Waals surface area contributed by atoms with E-state index in [0.29, 0.717) is 31.0 Å². The van der Waals surface area contributed by atoms with Crippen molar-refractivity contribution in [2.45, 2.75) is 38.5 Å². The molecule has 0 spiro atoms. The smallest absolute Gasteiger partial charge is 0.310 e. The topological polar surface area (TPSA) is 89.1 Å². The van der Waals surface area contributed by atoms with Crippen LogP contribution >= 0.6 is 11.3 Å². The van der Waals surface area contributed by atoms with Gasteiger partial charge in [0.1, 0.15) is 0 Å². The lowest BCUT2D eigenvalue weighted by Crippen LogP contribution is -2.35. The summed E-state index contributed by atoms with van der Waals surface area (Å²) in [5.74, 6) is 0.131. The SMILES string of the molecule is O=C(O)C1(Cc2nc(-c3cncs3)no2)CCCCC1. The van der Waals surface area contributed by atoms with E-state index < -0.39 is 11.4 Å². The highest BCUT2D eigenvalue weighted by atomic mass is 32.1. The summed E-state index contributed by atoms with van der Waals surface area (Å²) in [5, 5.41) is 13.4. The minimum Gasteiger partial charge on any atom is -0.481 e. The molecule has 3 rings (SSSR count). The fourth-order valence-electron chi connectivity index (χ4n) is 2.74. The molecule has 1 saturated carbocycles. The number of carboxylic acid groups (broad SMARTS) is 1. The molecule has 0 atom stereocenters. The van der Waals surface area contributed by atoms with Gasteiger partial charge in [0.2, 0.25) is 11.7 Å². The van der Waals surface area contributed by atoms with Crippen LogP contribution in [0.25, 0.3) is 10.7 Å². The standard InChI is InChI=1S/C13H15N3O3S/c17-12(18)13(4-2-1-3-5-13)6-10-15-11(16-19-10)9-7-14-8-20-9/h7-8H,1-6H2,(H,17,18). The Kier molecular flexibility index (Phi) is 3.52. The van der Waals surface area contributed by atoms with Crippen molar-refractivity contribution in [1.82, 2.24) is 15.1 Å². The maximum Gasteiger partial charge on any atom is 0.310 e. The molecule has 2 aromatic rings. The van der Waals surface area contributed by atoms with Gasteiger partial charge in [-0.05, 0) is 12.8 Å². The summed E-state index contributed by atoms with van der Waals surface area (Å²) in [6.07, 6.45) is 6.34. The number of nitrogens with zero attached hydrogens (tertiary/aromatic N) is 3. The molecule has 0 radical (unpaired) electrons. The van der Waals surface area contributed by atoms with Crippen LogP contribution in [-0.4, -0.2) is 26.2 Å². The molecule has 106 valence electrons. The van der Waals surface area contributed by atoms with Crippen LogP contribution in [-0.2, 0) is 11.2 Å². The highest BCUT2D eigenvalue weighted by molar-refractivity contribution is 7.13. The molecule has 0 amide bonds. The average Bonchev–Trinajstić information content (AvgIpc) is 3.10. The van der Waals surface area contributed by atoms with Crippen LogP contribution in [0.2, 0.25) is 0 Å². The van der Waals surface area contributed by atoms with Crippen molar-refractivity contribution < 1.29 is 14.4 Å². The maximum atomic E-state index is 11.6. The van der Waals surface area contributed by atoms with Gasteiger partial charge >= 0.3 is 5.97 Å². The summed E-state index contributed by atoms with van der Waals surface area (Å²) in [4.78, 5) is 20.7. The molecule has 0 aromatic carbocycles. The maximum absolute atomic E-state index is 11.6. The molecule has 0 saturated heterocycles. The minimum absolute atomic E-state index is 0.314. The number of aliphatic carboxylic acids is 1. The van der Waals surface area contributed by atoms with E-state index in [1.54, 1.807) is 11.7 Å². The van der Waals surface area contributed by atoms with Crippen LogP contribution in [0, 0.1) is 5.41 Å². The van der Waals surface area contributed by atoms with Crippen molar-refractivity contribution in [3.8, 4) is 10.7 Å². The van der Waals surface area contributed by atoms with Crippen LogP contribution in [0.1, 0.15) is 38.0 Å². The molecule has 2 heterocycles. The second-order valence-electron chi connectivity index (χ2n) is 5.20. The first-order valence-corrected chi connectivity index (χ1v) is 7.52. The van der Waals surface area contributed by atoms with E-state index in [1.165, 1.54) is 11.3 Å². The highest BCUT2D eigenvalue weighted by Gasteiger charge is 2.41. The molecule has 7 heteroatoms. The number of hydrogen-bond acceptors (Lipinski definition) is 6. The molecule has 2 aromatic heterocycles. The van der Waals surface area contributed by atoms with Crippen molar-refractivity contribution in [3.05, 3.63) is 17.6 Å². The largest absolute Gasteiger partial charge is 0.481 e. The highest BCUT2D eigenvalue weighted by Crippen LogP contribution is 2.39. The van der Waals surface area contributed by atoms with Crippen molar-refractivity contribution in [3.63, 3.8) is 0 Å². The predicted molar refractivity (Wildman–Crippen MR) is 72.3 cm³/mol. The summed E-state index contributed by atoms with van der Waals surface area (Å²) < 4.78 is 5.22. The van der Waals surface area contributed by atoms with Gasteiger partial charge in [0.25, 0.3) is 0 Å². The zero-order valence-electron chi connectivity index (χ0n) is 10.9. The van der Waals surface area contributed by atoms with Gasteiger partial charge in [-0.15, -0.1) is 11.3 Å². The molecule has 1 N–H and O–H groups in total. The Balaban J connectivity index is 1.81. The molecular formula is C13H15N3O3S. The Labute approximate surface area is 119 Å². The Morgan fingerprint density at radius 3 is 2.85 bits per heavy atom. The monoisotopic (exact) mass is 293 g/mol. The molecule has 1 fully saturated rings. The number of rotatable bonds is 4. The quantitative estimate of drug-likeness (QED) is 0.932. The predicted octanol–water partition coefficient (Wildman–Crippen LogP) is 2.77. The minimum atomic E-state index is -0.755. The fraction of sp³-hybridized carbons (Fsp3) is 0.538. The third-order valence-electron chi connectivity index (χ3n) is 3.87. The third kappa shape index (κ3) is 2.45. The Morgan fingerprint density at radius 2 is 2.20 bits per heavy atom. The first-order chi connectivity index (χ1) is 9.70. The number of carboxylic acids is 1. The summed E-state index contributed by atoms with van der Waals surface area (Å²) in [6, 6.07) is 0. The van der Waals surface area contributed by atoms with E-state index in [-0.39, 0.29) is 0 Å². The zero-order chi connectivity index (χ0) is 14.0. The van der Waals surface area contributed by atoms with Crippen LogP contribution in [0.5, 0.6) is 0 Å². The Morgan fingerprint density at radius 1 is 1.40 bits per heavy atom. The van der Waals surface area contributed by atoms with Crippen LogP contribution in [0.4, 0.5) is 0 Å². The van der Waals surface area contributed by atoms with Gasteiger partial charge in [-0.25, -0.2) is 0 Å². The molecular weight excluding hydrogens is 278 g/mol. The summed E-state index contributed by atoms with van der Waals surface area (Å²) in [7, 11) is 0. The second kappa shape index (κ2) is 5.32. The molecule has 0 bridgehead atoms. The lowest BCUT2D eigenvalue weighted by molar-refractivity contribution is -0.151. The molecule has 20 heavy (non-hydrogen) atoms. The van der Waals surface area contributed by atoms with Crippen molar-refractivity contribution >= 4 is 17.3 Å². The van der Waals surface area contributed by atoms with E-state index in [1.807, 2.05) is 0 Å². The molecule has 6 nitrogen and oxygen atoms in total. The number of carbonyl (C=O) groups is 1. The lowest BCUT2D eigenvalue weighted by Gasteiger charge is -2.31. The normalized spacial score (nSPS) is 18.0. The van der Waals surface area contributed by atoms with Gasteiger partial charge in [0.15, 0.2) is 0 Å². The molecule has 1 aliphatic carbocycles. The van der Waals surface area contributed by atoms with Crippen LogP contribution < -0.4 is 0 Å². The van der Waals surface area contributed by atoms with Gasteiger partial charge in [0, 0.05) is 12.6 Å². The average molecular weight is 293 g/mol. The van der Waals surface area contributed by atoms with Crippen molar-refractivity contribution in [2.75, 3.05) is 0 Å². The second-order valence-corrected chi connectivity index (χ2v) is 6.09. The summed E-state index contributed by atoms with van der Waals surface area (Å²) in [5.41, 5.74) is 0.959. The van der Waals surface area contributed by atoms with Gasteiger partial charge in [0.05, 0.1) is 15.8 Å². The van der Waals surface area contributed by atoms with Crippen LogP contribution in [0.15, 0.2) is 16.2 Å². The van der Waals surface area contributed by atoms with E-state index in [4.69, 9.17) is 4.52 Å². The Hall–Kier alpha value is -1.76. The summed E-state index contributed by atoms with van der Waals surface area (Å²) in [6.45, 7) is 0. The van der Waals surface area contributed by atoms with Crippen molar-refractivity contribution in [2.24, 2.45) is 5.41 Å². The van der Waals surface area contributed by atoms with E-state index in [9.17, 15) is 9.90 Å². The van der Waals surface area contributed by atoms with Gasteiger partial charge in [-0.3, -0.25) is 9.78 Å². The van der Waals surface area contributed by atoms with E-state index >= 15 is 0 Å². The molecule has 0 unspecified atom stereocenters. The molecule has 1 aliphatic rings. The third-order valence-corrected chi connectivity index (χ3v) is 4.64. The first-order valence-electron chi connectivity index (χ1n) is 6.64. The summed E-state index contributed by atoms with van der Waals surface area (Å²) >= 11 is 1.43. The van der Waals surface area contributed by atoms with Crippen LogP contribution in [0.3, 0.4) is 0 Å². The van der Waals surface area contributed by atoms with E-state index in [2.05, 4.69) is 15.1 Å². The fourth-order valence-corrected chi connectivity index (χ4v) is 3.28. The number of thiazole rings is 1. The lowest BCUT2D eigenvalue weighted by atomic mass is 9.72.